The molecule has 0 amide bonds. The fourth-order valence-electron chi connectivity index (χ4n) is 3.29. The average molecular weight is 379 g/mol. The van der Waals surface area contributed by atoms with Crippen LogP contribution in [0.4, 0.5) is 0 Å². The summed E-state index contributed by atoms with van der Waals surface area (Å²) in [6.07, 6.45) is 0. The van der Waals surface area contributed by atoms with E-state index in [0.717, 1.165) is 5.56 Å². The molecule has 2 aromatic carbocycles. The highest BCUT2D eigenvalue weighted by molar-refractivity contribution is 6.02. The van der Waals surface area contributed by atoms with Crippen LogP contribution in [0.15, 0.2) is 57.7 Å². The van der Waals surface area contributed by atoms with E-state index in [0.29, 0.717) is 16.7 Å². The third-order valence-electron chi connectivity index (χ3n) is 4.61. The first-order chi connectivity index (χ1) is 13.3. The number of carbonyl (C=O) groups is 1. The molecule has 0 unspecified atom stereocenters. The summed E-state index contributed by atoms with van der Waals surface area (Å²) in [5.41, 5.74) is 1.62. The second kappa shape index (κ2) is 7.98. The molecule has 0 atom stereocenters. The Kier molecular flexibility index (Phi) is 5.66. The van der Waals surface area contributed by atoms with Crippen LogP contribution in [-0.4, -0.2) is 23.1 Å². The van der Waals surface area contributed by atoms with Gasteiger partial charge in [-0.3, -0.25) is 4.79 Å². The monoisotopic (exact) mass is 379 g/mol. The Bertz CT molecular complexity index is 1040. The number of para-hydroxylation sites is 1. The highest BCUT2D eigenvalue weighted by Gasteiger charge is 2.23. The van der Waals surface area contributed by atoms with Crippen LogP contribution in [0.25, 0.3) is 22.3 Å². The van der Waals surface area contributed by atoms with Crippen LogP contribution in [0.3, 0.4) is 0 Å². The molecule has 3 aromatic rings. The van der Waals surface area contributed by atoms with Crippen LogP contribution in [0.2, 0.25) is 0 Å². The summed E-state index contributed by atoms with van der Waals surface area (Å²) in [7, 11) is 0. The van der Waals surface area contributed by atoms with Crippen molar-refractivity contribution in [3.8, 4) is 11.3 Å². The van der Waals surface area contributed by atoms with Crippen molar-refractivity contribution in [3.63, 3.8) is 0 Å². The van der Waals surface area contributed by atoms with Gasteiger partial charge < -0.3 is 9.25 Å². The Morgan fingerprint density at radius 2 is 1.61 bits per heavy atom. The van der Waals surface area contributed by atoms with Gasteiger partial charge in [0.05, 0.1) is 5.39 Å². The molecule has 5 heteroatoms. The van der Waals surface area contributed by atoms with Gasteiger partial charge in [-0.1, -0.05) is 36.4 Å². The Morgan fingerprint density at radius 3 is 2.21 bits per heavy atom. The van der Waals surface area contributed by atoms with Gasteiger partial charge in [-0.15, -0.1) is 5.06 Å². The van der Waals surface area contributed by atoms with Gasteiger partial charge in [-0.2, -0.15) is 0 Å². The van der Waals surface area contributed by atoms with Gasteiger partial charge in [0.1, 0.15) is 11.3 Å². The lowest BCUT2D eigenvalue weighted by molar-refractivity contribution is -0.150. The molecule has 0 bridgehead atoms. The van der Waals surface area contributed by atoms with E-state index in [1.807, 2.05) is 58.0 Å². The summed E-state index contributed by atoms with van der Waals surface area (Å²) >= 11 is 0. The van der Waals surface area contributed by atoms with Crippen LogP contribution in [0.1, 0.15) is 43.6 Å². The highest BCUT2D eigenvalue weighted by Crippen LogP contribution is 2.27. The number of rotatable bonds is 5. The van der Waals surface area contributed by atoms with Crippen molar-refractivity contribution in [2.75, 3.05) is 0 Å². The molecule has 1 heterocycles. The molecule has 0 spiro atoms. The topological polar surface area (TPSA) is 59.8 Å². The first-order valence-electron chi connectivity index (χ1n) is 9.43. The maximum atomic E-state index is 12.9. The molecular formula is C23H25NO4. The van der Waals surface area contributed by atoms with E-state index in [9.17, 15) is 9.59 Å². The van der Waals surface area contributed by atoms with E-state index >= 15 is 0 Å². The largest absolute Gasteiger partial charge is 0.455 e. The van der Waals surface area contributed by atoms with Crippen molar-refractivity contribution >= 4 is 16.9 Å². The summed E-state index contributed by atoms with van der Waals surface area (Å²) in [6.45, 7) is 9.54. The number of hydrogen-bond acceptors (Lipinski definition) is 5. The Labute approximate surface area is 164 Å². The lowest BCUT2D eigenvalue weighted by Crippen LogP contribution is -2.38. The second-order valence-electron chi connectivity index (χ2n) is 7.36. The second-order valence-corrected chi connectivity index (χ2v) is 7.36. The van der Waals surface area contributed by atoms with Crippen molar-refractivity contribution in [2.24, 2.45) is 0 Å². The average Bonchev–Trinajstić information content (AvgIpc) is 2.68. The van der Waals surface area contributed by atoms with Crippen molar-refractivity contribution in [1.82, 2.24) is 5.06 Å². The zero-order valence-electron chi connectivity index (χ0n) is 16.9. The minimum absolute atomic E-state index is 0.0214. The molecule has 0 radical (unpaired) electrons. The van der Waals surface area contributed by atoms with Gasteiger partial charge in [-0.05, 0) is 46.8 Å². The van der Waals surface area contributed by atoms with Crippen molar-refractivity contribution in [1.29, 1.82) is 0 Å². The number of nitrogens with zero attached hydrogens (tertiary/aromatic N) is 1. The Morgan fingerprint density at radius 1 is 0.964 bits per heavy atom. The maximum Gasteiger partial charge on any atom is 0.360 e. The van der Waals surface area contributed by atoms with Gasteiger partial charge in [0.25, 0.3) is 0 Å². The number of fused-ring (bicyclic) bond motifs is 1. The molecule has 0 saturated carbocycles. The molecule has 0 N–H and O–H groups in total. The molecule has 0 saturated heterocycles. The van der Waals surface area contributed by atoms with Crippen molar-refractivity contribution in [2.45, 2.75) is 46.7 Å². The number of hydroxylamine groups is 2. The summed E-state index contributed by atoms with van der Waals surface area (Å²) in [6, 6.07) is 14.4. The number of carbonyl (C=O) groups excluding carboxylic acids is 1. The number of hydrogen-bond donors (Lipinski definition) is 0. The minimum Gasteiger partial charge on any atom is -0.455 e. The molecule has 0 aliphatic heterocycles. The molecule has 146 valence electrons. The molecule has 0 aliphatic carbocycles. The summed E-state index contributed by atoms with van der Waals surface area (Å²) in [5.74, 6) is -0.0815. The number of benzene rings is 2. The van der Waals surface area contributed by atoms with Gasteiger partial charge in [0.15, 0.2) is 11.0 Å². The van der Waals surface area contributed by atoms with Crippen LogP contribution >= 0.6 is 0 Å². The molecule has 0 aliphatic rings. The fraction of sp³-hybridized carbons (Fsp3) is 0.304. The van der Waals surface area contributed by atoms with E-state index in [-0.39, 0.29) is 28.7 Å². The van der Waals surface area contributed by atoms with Crippen molar-refractivity contribution in [3.05, 3.63) is 69.9 Å². The van der Waals surface area contributed by atoms with Crippen molar-refractivity contribution < 1.29 is 14.0 Å². The van der Waals surface area contributed by atoms with E-state index < -0.39 is 5.97 Å². The quantitative estimate of drug-likeness (QED) is 0.587. The standard InChI is InChI=1S/C23H25NO4/c1-14(2)24(15(3)4)28-23(26)19-13-9-12-18-20(25)16(5)21(27-22(18)19)17-10-7-6-8-11-17/h6-15H,1-5H3. The zero-order chi connectivity index (χ0) is 20.4. The molecule has 0 fully saturated rings. The van der Waals surface area contributed by atoms with E-state index in [2.05, 4.69) is 0 Å². The molecular weight excluding hydrogens is 354 g/mol. The zero-order valence-corrected chi connectivity index (χ0v) is 16.9. The van der Waals surface area contributed by atoms with Crippen LogP contribution < -0.4 is 5.43 Å². The van der Waals surface area contributed by atoms with Crippen LogP contribution in [0, 0.1) is 6.92 Å². The SMILES string of the molecule is Cc1c(-c2ccccc2)oc2c(C(=O)ON(C(C)C)C(C)C)cccc2c1=O. The Balaban J connectivity index is 2.15. The summed E-state index contributed by atoms with van der Waals surface area (Å²) in [4.78, 5) is 31.4. The molecule has 28 heavy (non-hydrogen) atoms. The van der Waals surface area contributed by atoms with Gasteiger partial charge >= 0.3 is 5.97 Å². The predicted octanol–water partition coefficient (Wildman–Crippen LogP) is 4.96. The fourth-order valence-corrected chi connectivity index (χ4v) is 3.29. The maximum absolute atomic E-state index is 12.9. The van der Waals surface area contributed by atoms with E-state index in [1.165, 1.54) is 0 Å². The smallest absolute Gasteiger partial charge is 0.360 e. The van der Waals surface area contributed by atoms with Gasteiger partial charge in [0, 0.05) is 23.2 Å². The van der Waals surface area contributed by atoms with Gasteiger partial charge in [0.2, 0.25) is 0 Å². The first-order valence-corrected chi connectivity index (χ1v) is 9.43. The van der Waals surface area contributed by atoms with Gasteiger partial charge in [-0.25, -0.2) is 4.79 Å². The van der Waals surface area contributed by atoms with Crippen LogP contribution in [-0.2, 0) is 4.84 Å². The third kappa shape index (κ3) is 3.71. The normalized spacial score (nSPS) is 11.6. The summed E-state index contributed by atoms with van der Waals surface area (Å²) < 4.78 is 6.09. The highest BCUT2D eigenvalue weighted by atomic mass is 16.7. The summed E-state index contributed by atoms with van der Waals surface area (Å²) in [5, 5.41) is 2.00. The molecule has 5 nitrogen and oxygen atoms in total. The van der Waals surface area contributed by atoms with E-state index in [4.69, 9.17) is 9.25 Å². The predicted molar refractivity (Wildman–Crippen MR) is 110 cm³/mol. The Hall–Kier alpha value is -2.92. The van der Waals surface area contributed by atoms with E-state index in [1.54, 1.807) is 30.2 Å². The lowest BCUT2D eigenvalue weighted by atomic mass is 10.0. The first kappa shape index (κ1) is 19.8. The minimum atomic E-state index is -0.543. The molecule has 3 rings (SSSR count). The molecule has 1 aromatic heterocycles. The van der Waals surface area contributed by atoms with Crippen LogP contribution in [0.5, 0.6) is 0 Å². The lowest BCUT2D eigenvalue weighted by Gasteiger charge is -2.28. The third-order valence-corrected chi connectivity index (χ3v) is 4.61.